The lowest BCUT2D eigenvalue weighted by atomic mass is 9.91. The van der Waals surface area contributed by atoms with Gasteiger partial charge < -0.3 is 5.11 Å². The lowest BCUT2D eigenvalue weighted by molar-refractivity contribution is -0.141. The van der Waals surface area contributed by atoms with E-state index in [-0.39, 0.29) is 5.82 Å². The van der Waals surface area contributed by atoms with Gasteiger partial charge in [0, 0.05) is 4.47 Å². The van der Waals surface area contributed by atoms with Crippen LogP contribution in [0.3, 0.4) is 0 Å². The highest BCUT2D eigenvalue weighted by Gasteiger charge is 2.19. The average molecular weight is 351 g/mol. The second kappa shape index (κ2) is 6.85. The van der Waals surface area contributed by atoms with Gasteiger partial charge in [0.2, 0.25) is 0 Å². The van der Waals surface area contributed by atoms with E-state index in [2.05, 4.69) is 15.9 Å². The molecule has 1 N–H and O–H groups in total. The highest BCUT2D eigenvalue weighted by molar-refractivity contribution is 9.10. The molecule has 2 nitrogen and oxygen atoms in total. The molecule has 0 aromatic heterocycles. The van der Waals surface area contributed by atoms with E-state index in [1.807, 2.05) is 24.3 Å². The Morgan fingerprint density at radius 3 is 2.43 bits per heavy atom. The summed E-state index contributed by atoms with van der Waals surface area (Å²) in [5.74, 6) is -1.65. The van der Waals surface area contributed by atoms with Gasteiger partial charge in [-0.25, -0.2) is 4.39 Å². The minimum atomic E-state index is -0.832. The first kappa shape index (κ1) is 15.7. The van der Waals surface area contributed by atoms with Crippen molar-refractivity contribution >= 4 is 21.9 Å². The van der Waals surface area contributed by atoms with Crippen LogP contribution in [0, 0.1) is 18.7 Å². The van der Waals surface area contributed by atoms with Gasteiger partial charge in [0.15, 0.2) is 0 Å². The highest BCUT2D eigenvalue weighted by atomic mass is 79.9. The maximum absolute atomic E-state index is 13.1. The smallest absolute Gasteiger partial charge is 0.307 e. The van der Waals surface area contributed by atoms with Crippen LogP contribution in [0.1, 0.15) is 16.7 Å². The van der Waals surface area contributed by atoms with E-state index >= 15 is 0 Å². The molecular weight excluding hydrogens is 335 g/mol. The van der Waals surface area contributed by atoms with Crippen LogP contribution in [0.25, 0.3) is 0 Å². The van der Waals surface area contributed by atoms with Gasteiger partial charge in [-0.05, 0) is 60.7 Å². The molecule has 0 saturated heterocycles. The molecule has 1 unspecified atom stereocenters. The summed E-state index contributed by atoms with van der Waals surface area (Å²) in [6.07, 6.45) is 0.858. The van der Waals surface area contributed by atoms with Gasteiger partial charge in [-0.3, -0.25) is 4.79 Å². The molecule has 0 amide bonds. The van der Waals surface area contributed by atoms with Crippen molar-refractivity contribution in [1.82, 2.24) is 0 Å². The zero-order chi connectivity index (χ0) is 15.4. The lowest BCUT2D eigenvalue weighted by Crippen LogP contribution is -2.19. The zero-order valence-electron chi connectivity index (χ0n) is 11.6. The molecular formula is C17H16BrFO2. The Labute approximate surface area is 131 Å². The van der Waals surface area contributed by atoms with Crippen molar-refractivity contribution in [3.63, 3.8) is 0 Å². The van der Waals surface area contributed by atoms with E-state index in [9.17, 15) is 14.3 Å². The third-order valence-corrected chi connectivity index (χ3v) is 4.04. The Morgan fingerprint density at radius 2 is 1.86 bits per heavy atom. The van der Waals surface area contributed by atoms with E-state index in [0.717, 1.165) is 21.2 Å². The summed E-state index contributed by atoms with van der Waals surface area (Å²) < 4.78 is 14.1. The predicted octanol–water partition coefficient (Wildman–Crippen LogP) is 4.38. The summed E-state index contributed by atoms with van der Waals surface area (Å²) in [6.45, 7) is 1.80. The molecule has 21 heavy (non-hydrogen) atoms. The third kappa shape index (κ3) is 4.39. The molecule has 0 aliphatic carbocycles. The highest BCUT2D eigenvalue weighted by Crippen LogP contribution is 2.20. The summed E-state index contributed by atoms with van der Waals surface area (Å²) in [6, 6.07) is 12.1. The number of hydrogen-bond donors (Lipinski definition) is 1. The summed E-state index contributed by atoms with van der Waals surface area (Å²) in [5, 5.41) is 9.41. The van der Waals surface area contributed by atoms with Crippen LogP contribution in [0.4, 0.5) is 4.39 Å². The summed E-state index contributed by atoms with van der Waals surface area (Å²) in [5.41, 5.74) is 2.64. The van der Waals surface area contributed by atoms with E-state index < -0.39 is 11.9 Å². The Balaban J connectivity index is 2.15. The van der Waals surface area contributed by atoms with Gasteiger partial charge >= 0.3 is 5.97 Å². The molecule has 0 aliphatic heterocycles. The van der Waals surface area contributed by atoms with Crippen LogP contribution in [0.15, 0.2) is 46.9 Å². The van der Waals surface area contributed by atoms with Crippen LogP contribution < -0.4 is 0 Å². The van der Waals surface area contributed by atoms with Crippen molar-refractivity contribution in [2.75, 3.05) is 0 Å². The van der Waals surface area contributed by atoms with Gasteiger partial charge in [-0.15, -0.1) is 0 Å². The van der Waals surface area contributed by atoms with Gasteiger partial charge in [-0.1, -0.05) is 34.1 Å². The number of halogens is 2. The van der Waals surface area contributed by atoms with Crippen molar-refractivity contribution in [2.24, 2.45) is 5.92 Å². The van der Waals surface area contributed by atoms with Gasteiger partial charge in [-0.2, -0.15) is 0 Å². The molecule has 2 aromatic carbocycles. The number of benzene rings is 2. The number of aliphatic carboxylic acids is 1. The average Bonchev–Trinajstić information content (AvgIpc) is 2.43. The van der Waals surface area contributed by atoms with Crippen molar-refractivity contribution in [3.8, 4) is 0 Å². The van der Waals surface area contributed by atoms with Crippen LogP contribution in [-0.2, 0) is 17.6 Å². The molecule has 2 aromatic rings. The third-order valence-electron chi connectivity index (χ3n) is 3.52. The van der Waals surface area contributed by atoms with Gasteiger partial charge in [0.05, 0.1) is 5.92 Å². The first-order valence-electron chi connectivity index (χ1n) is 6.68. The number of carboxylic acid groups (broad SMARTS) is 1. The van der Waals surface area contributed by atoms with Crippen molar-refractivity contribution in [2.45, 2.75) is 19.8 Å². The van der Waals surface area contributed by atoms with Crippen LogP contribution in [-0.4, -0.2) is 11.1 Å². The zero-order valence-corrected chi connectivity index (χ0v) is 13.2. The summed E-state index contributed by atoms with van der Waals surface area (Å²) in [7, 11) is 0. The fourth-order valence-corrected chi connectivity index (χ4v) is 2.57. The normalized spacial score (nSPS) is 12.1. The van der Waals surface area contributed by atoms with Crippen LogP contribution in [0.5, 0.6) is 0 Å². The Hall–Kier alpha value is -1.68. The first-order valence-corrected chi connectivity index (χ1v) is 7.47. The standard InChI is InChI=1S/C17H16BrFO2/c1-11-8-16(19)7-4-13(11)10-14(17(20)21)9-12-2-5-15(18)6-3-12/h2-8,14H,9-10H2,1H3,(H,20,21). The molecule has 0 bridgehead atoms. The molecule has 0 spiro atoms. The van der Waals surface area contributed by atoms with Crippen molar-refractivity contribution in [1.29, 1.82) is 0 Å². The molecule has 0 heterocycles. The molecule has 0 aliphatic rings. The van der Waals surface area contributed by atoms with Crippen LogP contribution >= 0.6 is 15.9 Å². The largest absolute Gasteiger partial charge is 0.481 e. The molecule has 2 rings (SSSR count). The van der Waals surface area contributed by atoms with Crippen LogP contribution in [0.2, 0.25) is 0 Å². The number of carbonyl (C=O) groups is 1. The fourth-order valence-electron chi connectivity index (χ4n) is 2.31. The van der Waals surface area contributed by atoms with Gasteiger partial charge in [0.1, 0.15) is 5.82 Å². The molecule has 4 heteroatoms. The van der Waals surface area contributed by atoms with E-state index in [1.54, 1.807) is 13.0 Å². The van der Waals surface area contributed by atoms with E-state index in [0.29, 0.717) is 12.8 Å². The lowest BCUT2D eigenvalue weighted by Gasteiger charge is -2.14. The monoisotopic (exact) mass is 350 g/mol. The Morgan fingerprint density at radius 1 is 1.19 bits per heavy atom. The molecule has 110 valence electrons. The fraction of sp³-hybridized carbons (Fsp3) is 0.235. The number of aryl methyl sites for hydroxylation is 1. The molecule has 0 fully saturated rings. The number of carboxylic acids is 1. The molecule has 1 atom stereocenters. The summed E-state index contributed by atoms with van der Waals surface area (Å²) in [4.78, 5) is 11.5. The topological polar surface area (TPSA) is 37.3 Å². The van der Waals surface area contributed by atoms with E-state index in [4.69, 9.17) is 0 Å². The van der Waals surface area contributed by atoms with Crippen molar-refractivity contribution < 1.29 is 14.3 Å². The maximum atomic E-state index is 13.1. The number of rotatable bonds is 5. The molecule has 0 saturated carbocycles. The quantitative estimate of drug-likeness (QED) is 0.868. The minimum Gasteiger partial charge on any atom is -0.481 e. The van der Waals surface area contributed by atoms with E-state index in [1.165, 1.54) is 12.1 Å². The van der Waals surface area contributed by atoms with Gasteiger partial charge in [0.25, 0.3) is 0 Å². The first-order chi connectivity index (χ1) is 9.95. The second-order valence-electron chi connectivity index (χ2n) is 5.14. The SMILES string of the molecule is Cc1cc(F)ccc1CC(Cc1ccc(Br)cc1)C(=O)O. The Kier molecular flexibility index (Phi) is 5.12. The number of hydrogen-bond acceptors (Lipinski definition) is 1. The maximum Gasteiger partial charge on any atom is 0.307 e. The Bertz CT molecular complexity index is 638. The minimum absolute atomic E-state index is 0.295. The predicted molar refractivity (Wildman–Crippen MR) is 83.8 cm³/mol. The summed E-state index contributed by atoms with van der Waals surface area (Å²) >= 11 is 3.36. The molecule has 0 radical (unpaired) electrons. The second-order valence-corrected chi connectivity index (χ2v) is 6.06. The van der Waals surface area contributed by atoms with Crippen molar-refractivity contribution in [3.05, 3.63) is 69.4 Å².